The van der Waals surface area contributed by atoms with E-state index < -0.39 is 21.5 Å². The van der Waals surface area contributed by atoms with Crippen molar-refractivity contribution in [2.45, 2.75) is 56.9 Å². The van der Waals surface area contributed by atoms with Crippen LogP contribution in [0.15, 0.2) is 27.6 Å². The van der Waals surface area contributed by atoms with Gasteiger partial charge in [0.1, 0.15) is 10.6 Å². The first-order valence-electron chi connectivity index (χ1n) is 9.96. The van der Waals surface area contributed by atoms with Gasteiger partial charge in [-0.05, 0) is 44.9 Å². The molecule has 164 valence electrons. The van der Waals surface area contributed by atoms with Gasteiger partial charge in [0.15, 0.2) is 5.82 Å². The molecular weight excluding hydrogens is 408 g/mol. The zero-order chi connectivity index (χ0) is 21.9. The van der Waals surface area contributed by atoms with Crippen LogP contribution in [-0.2, 0) is 15.6 Å². The molecule has 0 aliphatic carbocycles. The number of carbonyl (C=O) groups is 1. The predicted molar refractivity (Wildman–Crippen MR) is 110 cm³/mol. The average molecular weight is 437 g/mol. The molecule has 0 saturated carbocycles. The van der Waals surface area contributed by atoms with Gasteiger partial charge in [0.2, 0.25) is 15.9 Å². The van der Waals surface area contributed by atoms with Crippen molar-refractivity contribution in [3.05, 3.63) is 35.5 Å². The predicted octanol–water partition coefficient (Wildman–Crippen LogP) is 2.62. The minimum atomic E-state index is -3.79. The summed E-state index contributed by atoms with van der Waals surface area (Å²) in [6.07, 6.45) is 3.66. The molecule has 0 atom stereocenters. The number of aryl methyl sites for hydroxylation is 1. The number of ether oxygens (including phenoxy) is 1. The number of hydrogen-bond donors (Lipinski definition) is 1. The Labute approximate surface area is 176 Å². The van der Waals surface area contributed by atoms with E-state index in [1.807, 2.05) is 0 Å². The van der Waals surface area contributed by atoms with E-state index in [0.717, 1.165) is 25.7 Å². The molecule has 3 rings (SSSR count). The lowest BCUT2D eigenvalue weighted by Crippen LogP contribution is -2.42. The molecule has 0 unspecified atom stereocenters. The molecular formula is C20H28N4O5S. The molecule has 1 N–H and O–H groups in total. The van der Waals surface area contributed by atoms with Crippen LogP contribution in [0.4, 0.5) is 0 Å². The Morgan fingerprint density at radius 2 is 1.87 bits per heavy atom. The number of rotatable bonds is 6. The normalized spacial score (nSPS) is 16.1. The molecule has 1 amide bonds. The lowest BCUT2D eigenvalue weighted by Gasteiger charge is -2.24. The van der Waals surface area contributed by atoms with Gasteiger partial charge < -0.3 is 14.6 Å². The number of aromatic nitrogens is 2. The van der Waals surface area contributed by atoms with Crippen molar-refractivity contribution in [2.24, 2.45) is 0 Å². The van der Waals surface area contributed by atoms with Crippen LogP contribution in [0.1, 0.15) is 61.6 Å². The second-order valence-corrected chi connectivity index (χ2v) is 9.81. The second kappa shape index (κ2) is 8.73. The zero-order valence-electron chi connectivity index (χ0n) is 17.8. The second-order valence-electron chi connectivity index (χ2n) is 7.90. The van der Waals surface area contributed by atoms with Crippen LogP contribution in [0.25, 0.3) is 0 Å². The molecule has 0 bridgehead atoms. The smallest absolute Gasteiger partial charge is 0.252 e. The van der Waals surface area contributed by atoms with Gasteiger partial charge in [-0.15, -0.1) is 0 Å². The lowest BCUT2D eigenvalue weighted by molar-refractivity contribution is 0.0907. The van der Waals surface area contributed by atoms with Crippen molar-refractivity contribution in [1.82, 2.24) is 19.8 Å². The Bertz CT molecular complexity index is 1010. The topological polar surface area (TPSA) is 115 Å². The molecule has 2 aromatic rings. The van der Waals surface area contributed by atoms with Crippen LogP contribution in [0.2, 0.25) is 0 Å². The fraction of sp³-hybridized carbons (Fsp3) is 0.550. The van der Waals surface area contributed by atoms with E-state index in [-0.39, 0.29) is 16.2 Å². The van der Waals surface area contributed by atoms with Crippen molar-refractivity contribution >= 4 is 15.9 Å². The highest BCUT2D eigenvalue weighted by atomic mass is 32.2. The molecule has 0 radical (unpaired) electrons. The highest BCUT2D eigenvalue weighted by molar-refractivity contribution is 7.89. The quantitative estimate of drug-likeness (QED) is 0.740. The summed E-state index contributed by atoms with van der Waals surface area (Å²) in [5, 5.41) is 6.70. The Hall–Kier alpha value is -2.46. The molecule has 1 aromatic heterocycles. The first-order valence-corrected chi connectivity index (χ1v) is 11.4. The lowest BCUT2D eigenvalue weighted by atomic mass is 10.0. The van der Waals surface area contributed by atoms with Crippen molar-refractivity contribution in [1.29, 1.82) is 0 Å². The van der Waals surface area contributed by atoms with Crippen molar-refractivity contribution < 1.29 is 22.5 Å². The standard InChI is InChI=1S/C20H28N4O5S/c1-14-21-19(23-29-14)20(2,3)22-18(25)15-9-10-16(28-4)17(13-15)30(26,27)24-11-7-5-6-8-12-24/h9-10,13H,5-8,11-12H2,1-4H3,(H,22,25). The van der Waals surface area contributed by atoms with Gasteiger partial charge in [0.25, 0.3) is 5.91 Å². The molecule has 30 heavy (non-hydrogen) atoms. The molecule has 1 aliphatic heterocycles. The first kappa shape index (κ1) is 22.2. The van der Waals surface area contributed by atoms with E-state index in [2.05, 4.69) is 15.5 Å². The third kappa shape index (κ3) is 4.65. The highest BCUT2D eigenvalue weighted by Gasteiger charge is 2.31. The summed E-state index contributed by atoms with van der Waals surface area (Å²) in [6, 6.07) is 4.41. The summed E-state index contributed by atoms with van der Waals surface area (Å²) in [6.45, 7) is 6.08. The fourth-order valence-electron chi connectivity index (χ4n) is 3.41. The maximum Gasteiger partial charge on any atom is 0.252 e. The minimum absolute atomic E-state index is 0.00670. The first-order chi connectivity index (χ1) is 14.1. The maximum atomic E-state index is 13.3. The van der Waals surface area contributed by atoms with Gasteiger partial charge in [-0.1, -0.05) is 18.0 Å². The van der Waals surface area contributed by atoms with Crippen LogP contribution in [-0.4, -0.2) is 49.0 Å². The molecule has 1 saturated heterocycles. The van der Waals surface area contributed by atoms with Crippen LogP contribution < -0.4 is 10.1 Å². The van der Waals surface area contributed by atoms with Crippen molar-refractivity contribution in [3.8, 4) is 5.75 Å². The number of hydrogen-bond acceptors (Lipinski definition) is 7. The van der Waals surface area contributed by atoms with Gasteiger partial charge in [0, 0.05) is 25.6 Å². The fourth-order valence-corrected chi connectivity index (χ4v) is 5.10. The molecule has 10 heteroatoms. The molecule has 2 heterocycles. The average Bonchev–Trinajstić information content (AvgIpc) is 2.97. The number of methoxy groups -OCH3 is 1. The minimum Gasteiger partial charge on any atom is -0.495 e. The van der Waals surface area contributed by atoms with Gasteiger partial charge in [0.05, 0.1) is 12.6 Å². The summed E-state index contributed by atoms with van der Waals surface area (Å²) in [7, 11) is -2.37. The molecule has 9 nitrogen and oxygen atoms in total. The van der Waals surface area contributed by atoms with Crippen molar-refractivity contribution in [3.63, 3.8) is 0 Å². The van der Waals surface area contributed by atoms with Gasteiger partial charge in [-0.2, -0.15) is 9.29 Å². The van der Waals surface area contributed by atoms with Crippen LogP contribution in [0.5, 0.6) is 5.75 Å². The third-order valence-corrected chi connectivity index (χ3v) is 7.04. The summed E-state index contributed by atoms with van der Waals surface area (Å²) < 4.78 is 38.3. The molecule has 1 aliphatic rings. The van der Waals surface area contributed by atoms with E-state index in [1.54, 1.807) is 20.8 Å². The zero-order valence-corrected chi connectivity index (χ0v) is 18.6. The van der Waals surface area contributed by atoms with E-state index in [1.165, 1.54) is 29.6 Å². The van der Waals surface area contributed by atoms with Crippen LogP contribution in [0, 0.1) is 6.92 Å². The summed E-state index contributed by atoms with van der Waals surface area (Å²) >= 11 is 0. The SMILES string of the molecule is COc1ccc(C(=O)NC(C)(C)c2noc(C)n2)cc1S(=O)(=O)N1CCCCCC1. The number of benzene rings is 1. The summed E-state index contributed by atoms with van der Waals surface area (Å²) in [4.78, 5) is 17.1. The van der Waals surface area contributed by atoms with E-state index >= 15 is 0 Å². The highest BCUT2D eigenvalue weighted by Crippen LogP contribution is 2.30. The maximum absolute atomic E-state index is 13.3. The van der Waals surface area contributed by atoms with Crippen LogP contribution in [0.3, 0.4) is 0 Å². The third-order valence-electron chi connectivity index (χ3n) is 5.12. The van der Waals surface area contributed by atoms with Crippen LogP contribution >= 0.6 is 0 Å². The monoisotopic (exact) mass is 436 g/mol. The summed E-state index contributed by atoms with van der Waals surface area (Å²) in [5.74, 6) is 0.489. The Balaban J connectivity index is 1.91. The van der Waals surface area contributed by atoms with Crippen molar-refractivity contribution in [2.75, 3.05) is 20.2 Å². The Morgan fingerprint density at radius 3 is 2.43 bits per heavy atom. The number of amides is 1. The van der Waals surface area contributed by atoms with E-state index in [9.17, 15) is 13.2 Å². The van der Waals surface area contributed by atoms with Gasteiger partial charge in [-0.3, -0.25) is 4.79 Å². The number of carbonyl (C=O) groups excluding carboxylic acids is 1. The summed E-state index contributed by atoms with van der Waals surface area (Å²) in [5.41, 5.74) is -0.698. The number of sulfonamides is 1. The largest absolute Gasteiger partial charge is 0.495 e. The molecule has 1 aromatic carbocycles. The number of nitrogens with one attached hydrogen (secondary N) is 1. The van der Waals surface area contributed by atoms with E-state index in [0.29, 0.717) is 24.8 Å². The molecule has 0 spiro atoms. The Morgan fingerprint density at radius 1 is 1.20 bits per heavy atom. The Kier molecular flexibility index (Phi) is 6.47. The van der Waals surface area contributed by atoms with E-state index in [4.69, 9.17) is 9.26 Å². The molecule has 1 fully saturated rings. The van der Waals surface area contributed by atoms with Gasteiger partial charge >= 0.3 is 0 Å². The number of nitrogens with zero attached hydrogens (tertiary/aromatic N) is 3. The van der Waals surface area contributed by atoms with Gasteiger partial charge in [-0.25, -0.2) is 8.42 Å².